The minimum atomic E-state index is 0. The molecule has 1 saturated carbocycles. The van der Waals surface area contributed by atoms with E-state index >= 15 is 0 Å². The van der Waals surface area contributed by atoms with Gasteiger partial charge in [0.15, 0.2) is 5.96 Å². The summed E-state index contributed by atoms with van der Waals surface area (Å²) in [4.78, 5) is 20.4. The molecule has 8 heteroatoms. The highest BCUT2D eigenvalue weighted by Gasteiger charge is 2.34. The van der Waals surface area contributed by atoms with Crippen molar-refractivity contribution in [2.45, 2.75) is 39.0 Å². The molecule has 1 amide bonds. The van der Waals surface area contributed by atoms with Gasteiger partial charge in [0.25, 0.3) is 0 Å². The first kappa shape index (κ1) is 24.4. The second-order valence-electron chi connectivity index (χ2n) is 7.75. The molecule has 0 bridgehead atoms. The Hall–Kier alpha value is -0.610. The fourth-order valence-corrected chi connectivity index (χ4v) is 3.40. The number of likely N-dealkylation sites (N-methyl/N-ethyl adjacent to an activating group) is 1. The van der Waals surface area contributed by atoms with Crippen molar-refractivity contribution in [2.24, 2.45) is 10.4 Å². The Morgan fingerprint density at radius 1 is 1.22 bits per heavy atom. The number of halogens is 1. The molecule has 158 valence electrons. The van der Waals surface area contributed by atoms with Crippen LogP contribution in [-0.4, -0.2) is 88.2 Å². The summed E-state index contributed by atoms with van der Waals surface area (Å²) in [5.41, 5.74) is 0.418. The Balaban J connectivity index is 0.00000364. The van der Waals surface area contributed by atoms with Crippen molar-refractivity contribution < 1.29 is 9.53 Å². The summed E-state index contributed by atoms with van der Waals surface area (Å²) in [6.45, 7) is 9.05. The third-order valence-electron chi connectivity index (χ3n) is 5.71. The SMILES string of the molecule is CCC1(CNC(=NCC(=O)N(C)C)NCCCN2CCOCC2)CCC1.I. The van der Waals surface area contributed by atoms with E-state index in [4.69, 9.17) is 4.74 Å². The van der Waals surface area contributed by atoms with E-state index in [0.717, 1.165) is 58.3 Å². The average molecular weight is 495 g/mol. The predicted octanol–water partition coefficient (Wildman–Crippen LogP) is 1.53. The van der Waals surface area contributed by atoms with Crippen LogP contribution in [0, 0.1) is 5.41 Å². The number of aliphatic imine (C=N–C) groups is 1. The molecule has 2 aliphatic rings. The highest BCUT2D eigenvalue weighted by Crippen LogP contribution is 2.42. The summed E-state index contributed by atoms with van der Waals surface area (Å²) in [6.07, 6.45) is 6.16. The van der Waals surface area contributed by atoms with E-state index in [1.54, 1.807) is 19.0 Å². The molecule has 0 unspecified atom stereocenters. The average Bonchev–Trinajstić information content (AvgIpc) is 2.62. The number of nitrogens with zero attached hydrogens (tertiary/aromatic N) is 3. The first-order valence-electron chi connectivity index (χ1n) is 10.1. The van der Waals surface area contributed by atoms with Gasteiger partial charge in [0.1, 0.15) is 6.54 Å². The zero-order valence-corrected chi connectivity index (χ0v) is 19.6. The molecule has 27 heavy (non-hydrogen) atoms. The molecule has 0 aromatic rings. The van der Waals surface area contributed by atoms with Crippen LogP contribution in [0.5, 0.6) is 0 Å². The molecule has 1 heterocycles. The van der Waals surface area contributed by atoms with Crippen LogP contribution in [0.15, 0.2) is 4.99 Å². The van der Waals surface area contributed by atoms with Crippen LogP contribution in [0.25, 0.3) is 0 Å². The molecule has 0 aromatic heterocycles. The molecule has 2 rings (SSSR count). The Labute approximate surface area is 181 Å². The van der Waals surface area contributed by atoms with Gasteiger partial charge in [0.05, 0.1) is 13.2 Å². The van der Waals surface area contributed by atoms with Crippen molar-refractivity contribution in [3.8, 4) is 0 Å². The van der Waals surface area contributed by atoms with Crippen molar-refractivity contribution in [3.05, 3.63) is 0 Å². The summed E-state index contributed by atoms with van der Waals surface area (Å²) in [5, 5.41) is 6.89. The first-order valence-corrected chi connectivity index (χ1v) is 10.1. The van der Waals surface area contributed by atoms with Crippen LogP contribution in [-0.2, 0) is 9.53 Å². The number of amides is 1. The number of ether oxygens (including phenoxy) is 1. The maximum Gasteiger partial charge on any atom is 0.243 e. The summed E-state index contributed by atoms with van der Waals surface area (Å²) in [6, 6.07) is 0. The monoisotopic (exact) mass is 495 g/mol. The van der Waals surface area contributed by atoms with Crippen LogP contribution in [0.3, 0.4) is 0 Å². The van der Waals surface area contributed by atoms with E-state index in [1.807, 2.05) is 0 Å². The summed E-state index contributed by atoms with van der Waals surface area (Å²) >= 11 is 0. The second kappa shape index (κ2) is 12.8. The molecular weight excluding hydrogens is 457 g/mol. The highest BCUT2D eigenvalue weighted by atomic mass is 127. The van der Waals surface area contributed by atoms with Crippen LogP contribution in [0.2, 0.25) is 0 Å². The van der Waals surface area contributed by atoms with Gasteiger partial charge in [0.2, 0.25) is 5.91 Å². The normalized spacial score (nSPS) is 19.6. The maximum absolute atomic E-state index is 11.9. The number of carbonyl (C=O) groups excluding carboxylic acids is 1. The summed E-state index contributed by atoms with van der Waals surface area (Å²) < 4.78 is 5.39. The Morgan fingerprint density at radius 3 is 2.48 bits per heavy atom. The highest BCUT2D eigenvalue weighted by molar-refractivity contribution is 14.0. The van der Waals surface area contributed by atoms with E-state index in [2.05, 4.69) is 27.4 Å². The molecule has 1 aliphatic carbocycles. The topological polar surface area (TPSA) is 69.2 Å². The molecule has 7 nitrogen and oxygen atoms in total. The summed E-state index contributed by atoms with van der Waals surface area (Å²) in [7, 11) is 3.53. The Kier molecular flexibility index (Phi) is 11.6. The second-order valence-corrected chi connectivity index (χ2v) is 7.75. The van der Waals surface area contributed by atoms with Crippen molar-refractivity contribution in [1.29, 1.82) is 0 Å². The first-order chi connectivity index (χ1) is 12.5. The Morgan fingerprint density at radius 2 is 1.93 bits per heavy atom. The van der Waals surface area contributed by atoms with Gasteiger partial charge in [-0.25, -0.2) is 4.99 Å². The number of hydrogen-bond acceptors (Lipinski definition) is 4. The maximum atomic E-state index is 11.9. The molecule has 0 radical (unpaired) electrons. The molecule has 0 aromatic carbocycles. The van der Waals surface area contributed by atoms with Gasteiger partial charge >= 0.3 is 0 Å². The minimum absolute atomic E-state index is 0. The van der Waals surface area contributed by atoms with Gasteiger partial charge in [-0.3, -0.25) is 9.69 Å². The lowest BCUT2D eigenvalue weighted by Crippen LogP contribution is -2.47. The van der Waals surface area contributed by atoms with E-state index in [-0.39, 0.29) is 36.4 Å². The van der Waals surface area contributed by atoms with Gasteiger partial charge < -0.3 is 20.3 Å². The molecule has 0 spiro atoms. The van der Waals surface area contributed by atoms with Gasteiger partial charge in [-0.05, 0) is 37.6 Å². The molecule has 1 saturated heterocycles. The molecule has 0 atom stereocenters. The molecule has 2 fully saturated rings. The van der Waals surface area contributed by atoms with Gasteiger partial charge in [-0.1, -0.05) is 13.3 Å². The van der Waals surface area contributed by atoms with Gasteiger partial charge in [-0.15, -0.1) is 24.0 Å². The molecule has 1 aliphatic heterocycles. The number of hydrogen-bond donors (Lipinski definition) is 2. The van der Waals surface area contributed by atoms with Crippen molar-refractivity contribution in [2.75, 3.05) is 66.6 Å². The fraction of sp³-hybridized carbons (Fsp3) is 0.895. The van der Waals surface area contributed by atoms with Crippen molar-refractivity contribution in [3.63, 3.8) is 0 Å². The number of carbonyl (C=O) groups is 1. The quantitative estimate of drug-likeness (QED) is 0.220. The third-order valence-corrected chi connectivity index (χ3v) is 5.71. The van der Waals surface area contributed by atoms with E-state index in [1.165, 1.54) is 25.7 Å². The van der Waals surface area contributed by atoms with Crippen LogP contribution in [0.4, 0.5) is 0 Å². The number of rotatable bonds is 9. The minimum Gasteiger partial charge on any atom is -0.379 e. The molecule has 2 N–H and O–H groups in total. The predicted molar refractivity (Wildman–Crippen MR) is 121 cm³/mol. The van der Waals surface area contributed by atoms with Crippen molar-refractivity contribution in [1.82, 2.24) is 20.4 Å². The lowest BCUT2D eigenvalue weighted by atomic mass is 9.67. The number of guanidine groups is 1. The zero-order chi connectivity index (χ0) is 18.8. The van der Waals surface area contributed by atoms with Crippen molar-refractivity contribution >= 4 is 35.8 Å². The molecular formula is C19H38IN5O2. The van der Waals surface area contributed by atoms with Crippen LogP contribution in [0.1, 0.15) is 39.0 Å². The third kappa shape index (κ3) is 8.51. The van der Waals surface area contributed by atoms with Crippen LogP contribution < -0.4 is 10.6 Å². The Bertz CT molecular complexity index is 458. The van der Waals surface area contributed by atoms with E-state index < -0.39 is 0 Å². The fourth-order valence-electron chi connectivity index (χ4n) is 3.40. The van der Waals surface area contributed by atoms with Crippen LogP contribution >= 0.6 is 24.0 Å². The van der Waals surface area contributed by atoms with Gasteiger partial charge in [0, 0.05) is 40.3 Å². The lowest BCUT2D eigenvalue weighted by Gasteiger charge is -2.41. The number of morpholine rings is 1. The van der Waals surface area contributed by atoms with E-state index in [0.29, 0.717) is 5.41 Å². The number of nitrogens with one attached hydrogen (secondary N) is 2. The summed E-state index contributed by atoms with van der Waals surface area (Å²) in [5.74, 6) is 0.787. The lowest BCUT2D eigenvalue weighted by molar-refractivity contribution is -0.127. The zero-order valence-electron chi connectivity index (χ0n) is 17.3. The smallest absolute Gasteiger partial charge is 0.243 e. The van der Waals surface area contributed by atoms with Gasteiger partial charge in [-0.2, -0.15) is 0 Å². The standard InChI is InChI=1S/C19H37N5O2.HI/c1-4-19(7-5-8-19)16-22-18(21-15-17(25)23(2)3)20-9-6-10-24-11-13-26-14-12-24;/h4-16H2,1-3H3,(H2,20,21,22);1H. The largest absolute Gasteiger partial charge is 0.379 e. The van der Waals surface area contributed by atoms with E-state index in [9.17, 15) is 4.79 Å².